The van der Waals surface area contributed by atoms with Gasteiger partial charge in [-0.15, -0.1) is 0 Å². The molecule has 2 fully saturated rings. The Hall–Kier alpha value is -3.13. The van der Waals surface area contributed by atoms with E-state index in [2.05, 4.69) is 95.9 Å². The standard InChI is InChI=1S/C38H44ClFN4OS/c1-3-44-35(23-30(41-44)22-27-10-6-4-7-11-27)28-16-20-43(21-17-28)26-38(29-12-8-5-9-13-29)18-14-31(15-19-38)42(2)37(45)32-24-36(46)34(40)25-33(32)39/h4-13,23-25,28,31,46H,3,14-22,26H2,1-2H3/p+1. The number of likely N-dealkylation sites (tertiary alicyclic amines) is 1. The first-order chi connectivity index (χ1) is 22.3. The molecule has 0 bridgehead atoms. The van der Waals surface area contributed by atoms with Crippen LogP contribution in [0.2, 0.25) is 5.02 Å². The molecule has 5 nitrogen and oxygen atoms in total. The Morgan fingerprint density at radius 2 is 1.65 bits per heavy atom. The van der Waals surface area contributed by atoms with Crippen LogP contribution in [0.15, 0.2) is 83.8 Å². The van der Waals surface area contributed by atoms with Gasteiger partial charge in [-0.05, 0) is 94.4 Å². The summed E-state index contributed by atoms with van der Waals surface area (Å²) in [5.41, 5.74) is 5.60. The van der Waals surface area contributed by atoms with E-state index in [4.69, 9.17) is 16.7 Å². The predicted molar refractivity (Wildman–Crippen MR) is 188 cm³/mol. The molecule has 0 radical (unpaired) electrons. The van der Waals surface area contributed by atoms with Crippen LogP contribution in [0, 0.1) is 5.82 Å². The van der Waals surface area contributed by atoms with E-state index in [-0.39, 0.29) is 27.3 Å². The van der Waals surface area contributed by atoms with Crippen LogP contribution in [0.25, 0.3) is 0 Å². The Morgan fingerprint density at radius 1 is 1.00 bits per heavy atom. The SMILES string of the molecule is CCn1nc(Cc2ccccc2)cc1C1CCN(CC2(c3ccccc3)CCC(N(C)C(=O)c3cc([SH2+])c(F)cc3Cl)CC2)CC1. The lowest BCUT2D eigenvalue weighted by Crippen LogP contribution is -2.49. The van der Waals surface area contributed by atoms with Crippen molar-refractivity contribution in [2.45, 2.75) is 80.7 Å². The second-order valence-electron chi connectivity index (χ2n) is 13.2. The summed E-state index contributed by atoms with van der Waals surface area (Å²) in [6.45, 7) is 6.25. The minimum Gasteiger partial charge on any atom is -0.339 e. The Kier molecular flexibility index (Phi) is 10.2. The number of carbonyl (C=O) groups is 1. The maximum Gasteiger partial charge on any atom is 0.255 e. The Bertz CT molecular complexity index is 1630. The monoisotopic (exact) mass is 659 g/mol. The van der Waals surface area contributed by atoms with E-state index in [9.17, 15) is 9.18 Å². The van der Waals surface area contributed by atoms with Gasteiger partial charge in [0.05, 0.1) is 16.3 Å². The molecule has 46 heavy (non-hydrogen) atoms. The molecule has 3 aromatic carbocycles. The highest BCUT2D eigenvalue weighted by Crippen LogP contribution is 2.43. The van der Waals surface area contributed by atoms with Gasteiger partial charge in [-0.25, -0.2) is 4.39 Å². The van der Waals surface area contributed by atoms with Gasteiger partial charge >= 0.3 is 0 Å². The third-order valence-electron chi connectivity index (χ3n) is 10.4. The van der Waals surface area contributed by atoms with E-state index in [1.54, 1.807) is 0 Å². The molecule has 2 heterocycles. The molecule has 1 saturated carbocycles. The maximum absolute atomic E-state index is 14.0. The molecule has 8 heteroatoms. The van der Waals surface area contributed by atoms with Crippen molar-refractivity contribution in [1.82, 2.24) is 19.6 Å². The molecule has 1 aliphatic carbocycles. The van der Waals surface area contributed by atoms with Gasteiger partial charge in [-0.3, -0.25) is 9.48 Å². The maximum atomic E-state index is 14.0. The summed E-state index contributed by atoms with van der Waals surface area (Å²) in [4.78, 5) is 18.2. The van der Waals surface area contributed by atoms with Gasteiger partial charge < -0.3 is 9.80 Å². The minimum absolute atomic E-state index is 0.0405. The van der Waals surface area contributed by atoms with Gasteiger partial charge in [0.25, 0.3) is 5.91 Å². The van der Waals surface area contributed by atoms with Crippen molar-refractivity contribution in [1.29, 1.82) is 0 Å². The Labute approximate surface area is 283 Å². The Morgan fingerprint density at radius 3 is 2.30 bits per heavy atom. The first-order valence-corrected chi connectivity index (χ1v) is 17.5. The third kappa shape index (κ3) is 7.07. The number of rotatable bonds is 9. The smallest absolute Gasteiger partial charge is 0.255 e. The average molecular weight is 660 g/mol. The number of hydrogen-bond donors (Lipinski definition) is 0. The van der Waals surface area contributed by atoms with Crippen molar-refractivity contribution < 1.29 is 9.18 Å². The highest BCUT2D eigenvalue weighted by Gasteiger charge is 2.41. The van der Waals surface area contributed by atoms with Crippen LogP contribution in [0.1, 0.15) is 84.2 Å². The Balaban J connectivity index is 1.12. The number of aromatic nitrogens is 2. The summed E-state index contributed by atoms with van der Waals surface area (Å²) >= 11 is 9.56. The number of aryl methyl sites for hydroxylation is 1. The van der Waals surface area contributed by atoms with Crippen molar-refractivity contribution in [2.75, 3.05) is 26.7 Å². The van der Waals surface area contributed by atoms with Gasteiger partial charge in [0, 0.05) is 55.7 Å². The van der Waals surface area contributed by atoms with Crippen LogP contribution in [0.3, 0.4) is 0 Å². The van der Waals surface area contributed by atoms with E-state index in [0.29, 0.717) is 11.5 Å². The number of nitrogens with zero attached hydrogens (tertiary/aromatic N) is 4. The van der Waals surface area contributed by atoms with E-state index >= 15 is 0 Å². The normalized spacial score (nSPS) is 20.9. The second kappa shape index (κ2) is 14.3. The molecule has 1 aromatic heterocycles. The van der Waals surface area contributed by atoms with Gasteiger partial charge in [-0.1, -0.05) is 72.3 Å². The lowest BCUT2D eigenvalue weighted by molar-refractivity contribution is 0.0619. The zero-order valence-electron chi connectivity index (χ0n) is 26.9. The summed E-state index contributed by atoms with van der Waals surface area (Å²) in [5, 5.41) is 5.12. The van der Waals surface area contributed by atoms with Crippen LogP contribution in [-0.2, 0) is 31.0 Å². The van der Waals surface area contributed by atoms with Crippen LogP contribution < -0.4 is 0 Å². The zero-order chi connectivity index (χ0) is 32.3. The van der Waals surface area contributed by atoms with Crippen LogP contribution >= 0.6 is 11.6 Å². The topological polar surface area (TPSA) is 41.4 Å². The van der Waals surface area contributed by atoms with Crippen LogP contribution in [0.5, 0.6) is 0 Å². The van der Waals surface area contributed by atoms with Crippen LogP contribution in [0.4, 0.5) is 4.39 Å². The third-order valence-corrected chi connectivity index (χ3v) is 11.1. The number of carbonyl (C=O) groups excluding carboxylic acids is 1. The molecule has 1 amide bonds. The molecule has 0 atom stereocenters. The number of amides is 1. The highest BCUT2D eigenvalue weighted by atomic mass is 35.5. The fourth-order valence-electron chi connectivity index (χ4n) is 7.72. The number of halogens is 2. The molecule has 1 aliphatic heterocycles. The van der Waals surface area contributed by atoms with Crippen LogP contribution in [-0.4, -0.2) is 58.2 Å². The molecule has 242 valence electrons. The van der Waals surface area contributed by atoms with E-state index in [1.807, 2.05) is 11.9 Å². The van der Waals surface area contributed by atoms with Gasteiger partial charge in [0.2, 0.25) is 0 Å². The molecular formula is C38H45ClFN4OS+. The minimum atomic E-state index is -0.473. The van der Waals surface area contributed by atoms with E-state index in [0.717, 1.165) is 76.8 Å². The van der Waals surface area contributed by atoms with Crippen molar-refractivity contribution in [2.24, 2.45) is 0 Å². The fourth-order valence-corrected chi connectivity index (χ4v) is 8.16. The summed E-state index contributed by atoms with van der Waals surface area (Å²) in [5.74, 6) is -0.115. The van der Waals surface area contributed by atoms with E-state index in [1.165, 1.54) is 29.0 Å². The quantitative estimate of drug-likeness (QED) is 0.175. The van der Waals surface area contributed by atoms with Crippen molar-refractivity contribution in [3.63, 3.8) is 0 Å². The van der Waals surface area contributed by atoms with E-state index < -0.39 is 5.82 Å². The second-order valence-corrected chi connectivity index (χ2v) is 14.1. The largest absolute Gasteiger partial charge is 0.339 e. The molecule has 0 unspecified atom stereocenters. The molecule has 0 spiro atoms. The summed E-state index contributed by atoms with van der Waals surface area (Å²) in [7, 11) is 1.85. The summed E-state index contributed by atoms with van der Waals surface area (Å²) in [6.07, 6.45) is 6.97. The highest BCUT2D eigenvalue weighted by molar-refractivity contribution is 7.58. The molecule has 6 rings (SSSR count). The van der Waals surface area contributed by atoms with Crippen molar-refractivity contribution in [3.8, 4) is 0 Å². The van der Waals surface area contributed by atoms with Crippen molar-refractivity contribution in [3.05, 3.63) is 118 Å². The average Bonchev–Trinajstić information content (AvgIpc) is 3.50. The molecular weight excluding hydrogens is 615 g/mol. The molecule has 1 saturated heterocycles. The first-order valence-electron chi connectivity index (χ1n) is 16.6. The lowest BCUT2D eigenvalue weighted by Gasteiger charge is -2.46. The van der Waals surface area contributed by atoms with Crippen molar-refractivity contribution >= 4 is 30.1 Å². The van der Waals surface area contributed by atoms with Gasteiger partial charge in [0.15, 0.2) is 10.7 Å². The molecule has 4 aromatic rings. The molecule has 0 N–H and O–H groups in total. The first kappa shape index (κ1) is 32.8. The number of hydrogen-bond acceptors (Lipinski definition) is 3. The fraction of sp³-hybridized carbons (Fsp3) is 0.421. The van der Waals surface area contributed by atoms with Gasteiger partial charge in [0.1, 0.15) is 0 Å². The lowest BCUT2D eigenvalue weighted by atomic mass is 9.67. The van der Waals surface area contributed by atoms with Gasteiger partial charge in [-0.2, -0.15) is 5.10 Å². The summed E-state index contributed by atoms with van der Waals surface area (Å²) < 4.78 is 16.2. The zero-order valence-corrected chi connectivity index (χ0v) is 28.6. The molecule has 2 aliphatic rings. The predicted octanol–water partition coefficient (Wildman–Crippen LogP) is 7.49. The number of piperidine rings is 1. The summed E-state index contributed by atoms with van der Waals surface area (Å²) in [6, 6.07) is 26.7. The number of benzene rings is 3.